The van der Waals surface area contributed by atoms with Crippen molar-refractivity contribution < 1.29 is 10.2 Å². The molecule has 0 aliphatic carbocycles. The molecule has 98 valence electrons. The molecular weight excluding hydrogens is 260 g/mol. The second-order valence-corrected chi connectivity index (χ2v) is 5.13. The summed E-state index contributed by atoms with van der Waals surface area (Å²) in [6.45, 7) is 0. The summed E-state index contributed by atoms with van der Waals surface area (Å²) in [5.41, 5.74) is 6.48. The van der Waals surface area contributed by atoms with Crippen molar-refractivity contribution in [1.29, 1.82) is 0 Å². The third-order valence-corrected chi connectivity index (χ3v) is 3.60. The van der Waals surface area contributed by atoms with Gasteiger partial charge in [-0.25, -0.2) is 0 Å². The second-order valence-electron chi connectivity index (χ2n) is 4.37. The summed E-state index contributed by atoms with van der Waals surface area (Å²) in [6, 6.07) is 8.20. The highest BCUT2D eigenvalue weighted by molar-refractivity contribution is 7.98. The first-order valence-electron chi connectivity index (χ1n) is 6.03. The molecule has 0 aliphatic rings. The van der Waals surface area contributed by atoms with Gasteiger partial charge in [0.15, 0.2) is 6.04 Å². The number of H-pyrrole nitrogens is 1. The van der Waals surface area contributed by atoms with Crippen molar-refractivity contribution in [3.8, 4) is 0 Å². The zero-order chi connectivity index (χ0) is 13.2. The lowest BCUT2D eigenvalue weighted by Crippen LogP contribution is -2.54. The Morgan fingerprint density at radius 3 is 3.00 bits per heavy atom. The predicted octanol–water partition coefficient (Wildman–Crippen LogP) is 1.80. The van der Waals surface area contributed by atoms with Crippen molar-refractivity contribution in [2.45, 2.75) is 17.7 Å². The summed E-state index contributed by atoms with van der Waals surface area (Å²) in [7, 11) is 0. The van der Waals surface area contributed by atoms with Crippen LogP contribution in [-0.2, 0) is 6.42 Å². The molecule has 1 aromatic carbocycles. The van der Waals surface area contributed by atoms with E-state index in [2.05, 4.69) is 33.0 Å². The van der Waals surface area contributed by atoms with Crippen LogP contribution in [0, 0.1) is 0 Å². The van der Waals surface area contributed by atoms with Gasteiger partial charge in [-0.05, 0) is 17.9 Å². The van der Waals surface area contributed by atoms with Crippen LogP contribution >= 0.6 is 11.8 Å². The Hall–Kier alpha value is -1.79. The fraction of sp³-hybridized carbons (Fsp3) is 0.231. The molecule has 2 aromatic heterocycles. The Morgan fingerprint density at radius 1 is 1.37 bits per heavy atom. The zero-order valence-electron chi connectivity index (χ0n) is 10.6. The molecule has 0 fully saturated rings. The van der Waals surface area contributed by atoms with Crippen LogP contribution in [-0.4, -0.2) is 21.4 Å². The molecule has 0 saturated carbocycles. The van der Waals surface area contributed by atoms with Gasteiger partial charge in [0.25, 0.3) is 11.1 Å². The number of aromatic nitrogens is 3. The van der Waals surface area contributed by atoms with E-state index in [9.17, 15) is 0 Å². The molecular formula is C13H15N4OS+. The minimum absolute atomic E-state index is 0.0346. The molecule has 0 spiro atoms. The number of aromatic amines is 1. The van der Waals surface area contributed by atoms with Gasteiger partial charge in [0.05, 0.1) is 0 Å². The highest BCUT2D eigenvalue weighted by atomic mass is 32.2. The van der Waals surface area contributed by atoms with E-state index in [1.54, 1.807) is 0 Å². The quantitative estimate of drug-likeness (QED) is 0.711. The summed E-state index contributed by atoms with van der Waals surface area (Å²) in [6.07, 6.45) is 4.71. The van der Waals surface area contributed by atoms with E-state index in [-0.39, 0.29) is 6.04 Å². The largest absolute Gasteiger partial charge is 0.410 e. The Balaban J connectivity index is 1.84. The van der Waals surface area contributed by atoms with Crippen molar-refractivity contribution in [2.75, 3.05) is 6.26 Å². The first-order chi connectivity index (χ1) is 9.28. The molecule has 1 atom stereocenters. The molecule has 0 radical (unpaired) electrons. The van der Waals surface area contributed by atoms with Crippen LogP contribution in [0.4, 0.5) is 0 Å². The van der Waals surface area contributed by atoms with Gasteiger partial charge in [-0.3, -0.25) is 0 Å². The average molecular weight is 275 g/mol. The lowest BCUT2D eigenvalue weighted by molar-refractivity contribution is -0.431. The summed E-state index contributed by atoms with van der Waals surface area (Å²) in [5, 5.41) is 9.79. The molecule has 5 nitrogen and oxygen atoms in total. The lowest BCUT2D eigenvalue weighted by Gasteiger charge is -2.02. The Labute approximate surface area is 114 Å². The molecule has 3 rings (SSSR count). The highest BCUT2D eigenvalue weighted by Crippen LogP contribution is 2.23. The van der Waals surface area contributed by atoms with Crippen molar-refractivity contribution in [1.82, 2.24) is 15.2 Å². The van der Waals surface area contributed by atoms with Gasteiger partial charge in [0.1, 0.15) is 0 Å². The number of para-hydroxylation sites is 1. The molecule has 3 aromatic rings. The van der Waals surface area contributed by atoms with Gasteiger partial charge in [-0.1, -0.05) is 30.0 Å². The molecule has 19 heavy (non-hydrogen) atoms. The Morgan fingerprint density at radius 2 is 2.21 bits per heavy atom. The van der Waals surface area contributed by atoms with Crippen molar-refractivity contribution in [2.24, 2.45) is 0 Å². The number of benzene rings is 1. The van der Waals surface area contributed by atoms with Gasteiger partial charge in [0.2, 0.25) is 0 Å². The molecule has 4 N–H and O–H groups in total. The third kappa shape index (κ3) is 2.36. The van der Waals surface area contributed by atoms with E-state index in [1.165, 1.54) is 22.7 Å². The molecule has 0 bridgehead atoms. The lowest BCUT2D eigenvalue weighted by atomic mass is 10.1. The molecule has 0 unspecified atom stereocenters. The maximum absolute atomic E-state index is 5.52. The summed E-state index contributed by atoms with van der Waals surface area (Å²) in [5.74, 6) is 0.592. The van der Waals surface area contributed by atoms with E-state index >= 15 is 0 Å². The Bertz CT molecular complexity index is 691. The molecule has 6 heteroatoms. The van der Waals surface area contributed by atoms with E-state index in [0.717, 1.165) is 11.9 Å². The van der Waals surface area contributed by atoms with Gasteiger partial charge in [-0.2, -0.15) is 0 Å². The molecule has 2 heterocycles. The minimum atomic E-state index is -0.0346. The van der Waals surface area contributed by atoms with Crippen LogP contribution < -0.4 is 5.73 Å². The number of thioether (sulfide) groups is 1. The van der Waals surface area contributed by atoms with Crippen molar-refractivity contribution in [3.05, 3.63) is 41.9 Å². The van der Waals surface area contributed by atoms with E-state index in [1.807, 2.05) is 24.6 Å². The summed E-state index contributed by atoms with van der Waals surface area (Å²) < 4.78 is 5.52. The standard InChI is InChI=1S/C13H14N4OS/c1-19-13-17-16-12(18-13)10(14)6-8-7-15-11-5-3-2-4-9(8)11/h2-5,7,10,15H,6,14H2,1H3/p+1/t10-/m1/s1. The van der Waals surface area contributed by atoms with Crippen molar-refractivity contribution in [3.63, 3.8) is 0 Å². The van der Waals surface area contributed by atoms with E-state index < -0.39 is 0 Å². The minimum Gasteiger partial charge on any atom is -0.410 e. The second kappa shape index (κ2) is 5.07. The monoisotopic (exact) mass is 275 g/mol. The van der Waals surface area contributed by atoms with E-state index in [0.29, 0.717) is 11.1 Å². The van der Waals surface area contributed by atoms with Gasteiger partial charge < -0.3 is 15.1 Å². The third-order valence-electron chi connectivity index (χ3n) is 3.09. The SMILES string of the molecule is CSc1nnc([C@H]([NH3+])Cc2c[nH]c3ccccc23)o1. The van der Waals surface area contributed by atoms with Crippen LogP contribution in [0.3, 0.4) is 0 Å². The number of rotatable bonds is 4. The van der Waals surface area contributed by atoms with Crippen LogP contribution in [0.5, 0.6) is 0 Å². The van der Waals surface area contributed by atoms with E-state index in [4.69, 9.17) is 4.42 Å². The average Bonchev–Trinajstić information content (AvgIpc) is 3.06. The highest BCUT2D eigenvalue weighted by Gasteiger charge is 2.19. The number of fused-ring (bicyclic) bond motifs is 1. The van der Waals surface area contributed by atoms with Crippen LogP contribution in [0.15, 0.2) is 40.1 Å². The first-order valence-corrected chi connectivity index (χ1v) is 7.26. The van der Waals surface area contributed by atoms with Gasteiger partial charge in [-0.15, -0.1) is 10.2 Å². The van der Waals surface area contributed by atoms with Crippen molar-refractivity contribution >= 4 is 22.7 Å². The maximum atomic E-state index is 5.52. The predicted molar refractivity (Wildman–Crippen MR) is 73.7 cm³/mol. The fourth-order valence-corrected chi connectivity index (χ4v) is 2.41. The summed E-state index contributed by atoms with van der Waals surface area (Å²) >= 11 is 1.44. The van der Waals surface area contributed by atoms with Crippen LogP contribution in [0.25, 0.3) is 10.9 Å². The van der Waals surface area contributed by atoms with Gasteiger partial charge in [0, 0.05) is 23.5 Å². The maximum Gasteiger partial charge on any atom is 0.276 e. The smallest absolute Gasteiger partial charge is 0.276 e. The number of quaternary nitrogens is 1. The topological polar surface area (TPSA) is 82.4 Å². The number of hydrogen-bond donors (Lipinski definition) is 2. The van der Waals surface area contributed by atoms with Crippen LogP contribution in [0.1, 0.15) is 17.5 Å². The number of nitrogens with zero attached hydrogens (tertiary/aromatic N) is 2. The molecule has 0 saturated heterocycles. The number of hydrogen-bond acceptors (Lipinski definition) is 4. The fourth-order valence-electron chi connectivity index (χ4n) is 2.12. The van der Waals surface area contributed by atoms with Gasteiger partial charge >= 0.3 is 0 Å². The Kier molecular flexibility index (Phi) is 3.27. The molecule has 0 aliphatic heterocycles. The normalized spacial score (nSPS) is 12.9. The first kappa shape index (κ1) is 12.3. The van der Waals surface area contributed by atoms with Crippen LogP contribution in [0.2, 0.25) is 0 Å². The number of nitrogens with one attached hydrogen (secondary N) is 1. The molecule has 0 amide bonds. The summed E-state index contributed by atoms with van der Waals surface area (Å²) in [4.78, 5) is 3.26. The zero-order valence-corrected chi connectivity index (χ0v) is 11.4.